The number of rotatable bonds is 5. The zero-order valence-corrected chi connectivity index (χ0v) is 10.2. The van der Waals surface area contributed by atoms with Gasteiger partial charge in [0.15, 0.2) is 11.5 Å². The van der Waals surface area contributed by atoms with Gasteiger partial charge in [-0.3, -0.25) is 4.79 Å². The number of anilines is 1. The van der Waals surface area contributed by atoms with Gasteiger partial charge in [0.2, 0.25) is 5.89 Å². The standard InChI is InChI=1S/C13H12N2O4/c1-8(16)9-3-2-4-10(5-9)14-6-12-15-11(7-19-12)13(17)18/h2-5,7,14H,6H2,1H3,(H,17,18). The van der Waals surface area contributed by atoms with Gasteiger partial charge in [-0.1, -0.05) is 12.1 Å². The second-order valence-electron chi connectivity index (χ2n) is 3.92. The Morgan fingerprint density at radius 2 is 2.21 bits per heavy atom. The van der Waals surface area contributed by atoms with Crippen LogP contribution in [0.25, 0.3) is 0 Å². The van der Waals surface area contributed by atoms with Crippen molar-refractivity contribution in [1.29, 1.82) is 0 Å². The van der Waals surface area contributed by atoms with E-state index in [0.717, 1.165) is 12.0 Å². The maximum atomic E-state index is 11.2. The summed E-state index contributed by atoms with van der Waals surface area (Å²) in [6.07, 6.45) is 1.09. The molecule has 2 N–H and O–H groups in total. The van der Waals surface area contributed by atoms with Crippen LogP contribution in [0.3, 0.4) is 0 Å². The van der Waals surface area contributed by atoms with Gasteiger partial charge in [-0.15, -0.1) is 0 Å². The van der Waals surface area contributed by atoms with Crippen LogP contribution in [0.4, 0.5) is 5.69 Å². The van der Waals surface area contributed by atoms with Crippen molar-refractivity contribution in [3.63, 3.8) is 0 Å². The van der Waals surface area contributed by atoms with E-state index < -0.39 is 5.97 Å². The number of ketones is 1. The van der Waals surface area contributed by atoms with Crippen LogP contribution < -0.4 is 5.32 Å². The summed E-state index contributed by atoms with van der Waals surface area (Å²) in [5.41, 5.74) is 1.21. The molecule has 0 bridgehead atoms. The van der Waals surface area contributed by atoms with Crippen LogP contribution in [-0.4, -0.2) is 21.8 Å². The number of nitrogens with zero attached hydrogens (tertiary/aromatic N) is 1. The molecule has 1 aromatic carbocycles. The summed E-state index contributed by atoms with van der Waals surface area (Å²) in [6.45, 7) is 1.74. The molecule has 0 amide bonds. The van der Waals surface area contributed by atoms with Crippen molar-refractivity contribution in [1.82, 2.24) is 4.98 Å². The zero-order chi connectivity index (χ0) is 13.8. The molecular weight excluding hydrogens is 248 g/mol. The number of benzene rings is 1. The molecule has 0 unspecified atom stereocenters. The van der Waals surface area contributed by atoms with Crippen molar-refractivity contribution in [3.8, 4) is 0 Å². The Morgan fingerprint density at radius 3 is 2.84 bits per heavy atom. The third-order valence-corrected chi connectivity index (χ3v) is 2.48. The monoisotopic (exact) mass is 260 g/mol. The van der Waals surface area contributed by atoms with Crippen molar-refractivity contribution >= 4 is 17.4 Å². The van der Waals surface area contributed by atoms with Gasteiger partial charge in [-0.2, -0.15) is 0 Å². The largest absolute Gasteiger partial charge is 0.476 e. The van der Waals surface area contributed by atoms with Gasteiger partial charge in [0.05, 0.1) is 6.54 Å². The molecule has 1 aromatic heterocycles. The normalized spacial score (nSPS) is 10.2. The number of oxazole rings is 1. The predicted octanol–water partition coefficient (Wildman–Crippen LogP) is 2.19. The molecule has 0 fully saturated rings. The van der Waals surface area contributed by atoms with E-state index in [2.05, 4.69) is 10.3 Å². The van der Waals surface area contributed by atoms with Crippen LogP contribution in [-0.2, 0) is 6.54 Å². The quantitative estimate of drug-likeness (QED) is 0.800. The molecular formula is C13H12N2O4. The molecule has 19 heavy (non-hydrogen) atoms. The number of nitrogens with one attached hydrogen (secondary N) is 1. The fourth-order valence-corrected chi connectivity index (χ4v) is 1.52. The first-order chi connectivity index (χ1) is 9.06. The van der Waals surface area contributed by atoms with Crippen LogP contribution in [0, 0.1) is 0 Å². The Kier molecular flexibility index (Phi) is 3.61. The number of hydrogen-bond acceptors (Lipinski definition) is 5. The fraction of sp³-hybridized carbons (Fsp3) is 0.154. The van der Waals surface area contributed by atoms with E-state index >= 15 is 0 Å². The molecule has 98 valence electrons. The summed E-state index contributed by atoms with van der Waals surface area (Å²) in [7, 11) is 0. The van der Waals surface area contributed by atoms with E-state index in [0.29, 0.717) is 5.56 Å². The number of aromatic carboxylic acids is 1. The van der Waals surface area contributed by atoms with Gasteiger partial charge in [0, 0.05) is 11.3 Å². The maximum absolute atomic E-state index is 11.2. The summed E-state index contributed by atoms with van der Waals surface area (Å²) in [5, 5.41) is 11.7. The lowest BCUT2D eigenvalue weighted by atomic mass is 10.1. The fourth-order valence-electron chi connectivity index (χ4n) is 1.52. The van der Waals surface area contributed by atoms with Gasteiger partial charge < -0.3 is 14.8 Å². The summed E-state index contributed by atoms with van der Waals surface area (Å²) in [4.78, 5) is 25.6. The van der Waals surface area contributed by atoms with Crippen LogP contribution in [0.1, 0.15) is 33.7 Å². The second-order valence-corrected chi connectivity index (χ2v) is 3.92. The Hall–Kier alpha value is -2.63. The van der Waals surface area contributed by atoms with E-state index in [9.17, 15) is 9.59 Å². The molecule has 0 spiro atoms. The van der Waals surface area contributed by atoms with Crippen LogP contribution in [0.5, 0.6) is 0 Å². The number of carbonyl (C=O) groups excluding carboxylic acids is 1. The minimum absolute atomic E-state index is 0.0204. The number of carboxylic acids is 1. The minimum Gasteiger partial charge on any atom is -0.476 e. The van der Waals surface area contributed by atoms with Crippen LogP contribution in [0.2, 0.25) is 0 Å². The first kappa shape index (κ1) is 12.8. The molecule has 0 aliphatic rings. The first-order valence-electron chi connectivity index (χ1n) is 5.59. The number of Topliss-reactive ketones (excluding diaryl/α,β-unsaturated/α-hetero) is 1. The number of hydrogen-bond donors (Lipinski definition) is 2. The molecule has 0 saturated heterocycles. The van der Waals surface area contributed by atoms with Crippen molar-refractivity contribution in [3.05, 3.63) is 47.7 Å². The van der Waals surface area contributed by atoms with Crippen molar-refractivity contribution in [2.24, 2.45) is 0 Å². The predicted molar refractivity (Wildman–Crippen MR) is 67.2 cm³/mol. The van der Waals surface area contributed by atoms with Gasteiger partial charge in [-0.25, -0.2) is 9.78 Å². The summed E-state index contributed by atoms with van der Waals surface area (Å²) in [5.74, 6) is -0.882. The molecule has 1 heterocycles. The number of aromatic nitrogens is 1. The lowest BCUT2D eigenvalue weighted by Gasteiger charge is -2.04. The highest BCUT2D eigenvalue weighted by Gasteiger charge is 2.10. The third kappa shape index (κ3) is 3.19. The lowest BCUT2D eigenvalue weighted by Crippen LogP contribution is -2.02. The summed E-state index contributed by atoms with van der Waals surface area (Å²) >= 11 is 0. The van der Waals surface area contributed by atoms with Crippen molar-refractivity contribution < 1.29 is 19.1 Å². The number of carboxylic acid groups (broad SMARTS) is 1. The van der Waals surface area contributed by atoms with Crippen LogP contribution >= 0.6 is 0 Å². The Labute approximate surface area is 109 Å². The number of carbonyl (C=O) groups is 2. The van der Waals surface area contributed by atoms with E-state index in [1.165, 1.54) is 6.92 Å². The van der Waals surface area contributed by atoms with E-state index in [-0.39, 0.29) is 23.9 Å². The SMILES string of the molecule is CC(=O)c1cccc(NCc2nc(C(=O)O)co2)c1. The van der Waals surface area contributed by atoms with Gasteiger partial charge in [0.25, 0.3) is 0 Å². The van der Waals surface area contributed by atoms with E-state index in [1.54, 1.807) is 24.3 Å². The summed E-state index contributed by atoms with van der Waals surface area (Å²) in [6, 6.07) is 7.00. The third-order valence-electron chi connectivity index (χ3n) is 2.48. The summed E-state index contributed by atoms with van der Waals surface area (Å²) < 4.78 is 5.00. The first-order valence-corrected chi connectivity index (χ1v) is 5.59. The Bertz CT molecular complexity index is 619. The lowest BCUT2D eigenvalue weighted by molar-refractivity contribution is 0.0690. The van der Waals surface area contributed by atoms with Crippen LogP contribution in [0.15, 0.2) is 34.9 Å². The van der Waals surface area contributed by atoms with Gasteiger partial charge in [-0.05, 0) is 19.1 Å². The Balaban J connectivity index is 2.03. The maximum Gasteiger partial charge on any atom is 0.357 e. The Morgan fingerprint density at radius 1 is 1.42 bits per heavy atom. The average Bonchev–Trinajstić information content (AvgIpc) is 2.85. The highest BCUT2D eigenvalue weighted by molar-refractivity contribution is 5.94. The highest BCUT2D eigenvalue weighted by Crippen LogP contribution is 2.12. The molecule has 0 aliphatic carbocycles. The molecule has 6 nitrogen and oxygen atoms in total. The second kappa shape index (κ2) is 5.34. The highest BCUT2D eigenvalue weighted by atomic mass is 16.4. The topological polar surface area (TPSA) is 92.4 Å². The van der Waals surface area contributed by atoms with Crippen molar-refractivity contribution in [2.45, 2.75) is 13.5 Å². The van der Waals surface area contributed by atoms with Gasteiger partial charge >= 0.3 is 5.97 Å². The molecule has 6 heteroatoms. The molecule has 0 radical (unpaired) electrons. The molecule has 2 rings (SSSR count). The molecule has 0 atom stereocenters. The zero-order valence-electron chi connectivity index (χ0n) is 10.2. The molecule has 2 aromatic rings. The molecule has 0 aliphatic heterocycles. The smallest absolute Gasteiger partial charge is 0.357 e. The van der Waals surface area contributed by atoms with E-state index in [1.807, 2.05) is 0 Å². The van der Waals surface area contributed by atoms with Crippen molar-refractivity contribution in [2.75, 3.05) is 5.32 Å². The van der Waals surface area contributed by atoms with E-state index in [4.69, 9.17) is 9.52 Å². The minimum atomic E-state index is -1.13. The average molecular weight is 260 g/mol. The van der Waals surface area contributed by atoms with Gasteiger partial charge in [0.1, 0.15) is 6.26 Å². The molecule has 0 saturated carbocycles.